The molecular weight excluding hydrogens is 311 g/mol. The molecule has 118 valence electrons. The molecule has 1 N–H and O–H groups in total. The normalized spacial score (nSPS) is 9.68. The fourth-order valence-corrected chi connectivity index (χ4v) is 2.17. The fraction of sp³-hybridized carbons (Fsp3) is 0.267. The molecule has 0 saturated carbocycles. The monoisotopic (exact) mass is 326 g/mol. The summed E-state index contributed by atoms with van der Waals surface area (Å²) < 4.78 is 18.3. The highest BCUT2D eigenvalue weighted by Crippen LogP contribution is 2.26. The summed E-state index contributed by atoms with van der Waals surface area (Å²) in [6.07, 6.45) is 0.508. The summed E-state index contributed by atoms with van der Waals surface area (Å²) in [5.74, 6) is 0.839. The molecule has 0 atom stereocenters. The van der Waals surface area contributed by atoms with Gasteiger partial charge in [-0.05, 0) is 31.5 Å². The van der Waals surface area contributed by atoms with E-state index in [4.69, 9.17) is 26.2 Å². The van der Waals surface area contributed by atoms with E-state index in [9.17, 15) is 4.39 Å². The van der Waals surface area contributed by atoms with Gasteiger partial charge in [-0.2, -0.15) is 4.98 Å². The Bertz CT molecular complexity index is 665. The summed E-state index contributed by atoms with van der Waals surface area (Å²) in [4.78, 5) is 16.9. The lowest BCUT2D eigenvalue weighted by Crippen LogP contribution is -2.04. The molecule has 0 amide bonds. The molecule has 0 radical (unpaired) electrons. The Balaban J connectivity index is 0.000000745. The maximum Gasteiger partial charge on any atom is 0.290 e. The van der Waals surface area contributed by atoms with Gasteiger partial charge in [-0.15, -0.1) is 0 Å². The molecule has 1 heterocycles. The second kappa shape index (κ2) is 8.29. The third-order valence-corrected chi connectivity index (χ3v) is 3.22. The molecule has 7 heteroatoms. The van der Waals surface area contributed by atoms with Crippen LogP contribution in [-0.2, 0) is 11.2 Å². The molecule has 0 spiro atoms. The van der Waals surface area contributed by atoms with E-state index in [0.29, 0.717) is 23.1 Å². The fourth-order valence-electron chi connectivity index (χ4n) is 1.93. The molecule has 2 rings (SSSR count). The lowest BCUT2D eigenvalue weighted by molar-refractivity contribution is -0.122. The second-order valence-electron chi connectivity index (χ2n) is 4.36. The number of aryl methyl sites for hydroxylation is 2. The van der Waals surface area contributed by atoms with Crippen LogP contribution in [0.15, 0.2) is 18.2 Å². The molecule has 0 bridgehead atoms. The van der Waals surface area contributed by atoms with Crippen molar-refractivity contribution < 1.29 is 19.0 Å². The number of ether oxygens (including phenoxy) is 1. The van der Waals surface area contributed by atoms with E-state index in [1.165, 1.54) is 12.1 Å². The van der Waals surface area contributed by atoms with Crippen LogP contribution in [0, 0.1) is 19.7 Å². The summed E-state index contributed by atoms with van der Waals surface area (Å²) in [7, 11) is 1.57. The van der Waals surface area contributed by atoms with E-state index in [0.717, 1.165) is 16.8 Å². The van der Waals surface area contributed by atoms with Crippen molar-refractivity contribution in [3.05, 3.63) is 51.7 Å². The summed E-state index contributed by atoms with van der Waals surface area (Å²) in [5.41, 5.74) is 2.52. The maximum absolute atomic E-state index is 13.0. The van der Waals surface area contributed by atoms with E-state index < -0.39 is 0 Å². The number of carbonyl (C=O) groups is 1. The van der Waals surface area contributed by atoms with Crippen molar-refractivity contribution in [1.29, 1.82) is 0 Å². The highest BCUT2D eigenvalue weighted by molar-refractivity contribution is 6.31. The lowest BCUT2D eigenvalue weighted by atomic mass is 10.0. The van der Waals surface area contributed by atoms with Crippen molar-refractivity contribution in [2.24, 2.45) is 0 Å². The van der Waals surface area contributed by atoms with Crippen LogP contribution in [0.3, 0.4) is 0 Å². The van der Waals surface area contributed by atoms with Crippen molar-refractivity contribution in [3.8, 4) is 5.88 Å². The van der Waals surface area contributed by atoms with Gasteiger partial charge in [0.05, 0.1) is 7.11 Å². The number of hydrogen-bond donors (Lipinski definition) is 1. The van der Waals surface area contributed by atoms with Crippen LogP contribution in [-0.4, -0.2) is 28.7 Å². The molecule has 0 unspecified atom stereocenters. The van der Waals surface area contributed by atoms with Gasteiger partial charge in [0.1, 0.15) is 11.6 Å². The molecule has 1 aromatic heterocycles. The molecular formula is C15H16ClFN2O3. The van der Waals surface area contributed by atoms with Crippen LogP contribution in [0.2, 0.25) is 5.02 Å². The molecule has 22 heavy (non-hydrogen) atoms. The van der Waals surface area contributed by atoms with Gasteiger partial charge in [-0.3, -0.25) is 4.79 Å². The number of rotatable bonds is 3. The quantitative estimate of drug-likeness (QED) is 0.877. The number of aromatic nitrogens is 2. The number of benzene rings is 1. The zero-order valence-corrected chi connectivity index (χ0v) is 13.2. The van der Waals surface area contributed by atoms with E-state index in [1.807, 2.05) is 13.8 Å². The molecule has 0 fully saturated rings. The zero-order valence-electron chi connectivity index (χ0n) is 12.4. The summed E-state index contributed by atoms with van der Waals surface area (Å²) in [6, 6.07) is 4.35. The highest BCUT2D eigenvalue weighted by Gasteiger charge is 2.13. The van der Waals surface area contributed by atoms with Crippen LogP contribution in [0.25, 0.3) is 0 Å². The second-order valence-corrected chi connectivity index (χ2v) is 4.77. The van der Waals surface area contributed by atoms with Gasteiger partial charge < -0.3 is 9.84 Å². The van der Waals surface area contributed by atoms with E-state index in [1.54, 1.807) is 13.2 Å². The molecule has 0 aliphatic carbocycles. The predicted octanol–water partition coefficient (Wildman–Crippen LogP) is 3.19. The standard InChI is InChI=1S/C14H14ClFN2O.CH2O2/c1-8-12(14(19-3)18-9(2)17-8)6-10-4-5-11(16)7-13(10)15;2-1-3/h4-5,7H,6H2,1-3H3;1H,(H,2,3). The Morgan fingerprint density at radius 3 is 2.55 bits per heavy atom. The van der Waals surface area contributed by atoms with Crippen molar-refractivity contribution >= 4 is 18.1 Å². The minimum Gasteiger partial charge on any atom is -0.483 e. The largest absolute Gasteiger partial charge is 0.483 e. The average Bonchev–Trinajstić information content (AvgIpc) is 2.44. The Kier molecular flexibility index (Phi) is 6.72. The highest BCUT2D eigenvalue weighted by atomic mass is 35.5. The van der Waals surface area contributed by atoms with Gasteiger partial charge in [0.15, 0.2) is 0 Å². The van der Waals surface area contributed by atoms with E-state index >= 15 is 0 Å². The first-order valence-corrected chi connectivity index (χ1v) is 6.70. The van der Waals surface area contributed by atoms with Gasteiger partial charge in [0.2, 0.25) is 5.88 Å². The van der Waals surface area contributed by atoms with Crippen LogP contribution in [0.5, 0.6) is 5.88 Å². The summed E-state index contributed by atoms with van der Waals surface area (Å²) in [5, 5.41) is 7.28. The first-order valence-electron chi connectivity index (χ1n) is 6.32. The van der Waals surface area contributed by atoms with E-state index in [2.05, 4.69) is 9.97 Å². The van der Waals surface area contributed by atoms with Crippen molar-refractivity contribution in [2.45, 2.75) is 20.3 Å². The Morgan fingerprint density at radius 1 is 1.36 bits per heavy atom. The summed E-state index contributed by atoms with van der Waals surface area (Å²) >= 11 is 6.04. The van der Waals surface area contributed by atoms with Gasteiger partial charge in [-0.25, -0.2) is 9.37 Å². The molecule has 1 aromatic carbocycles. The van der Waals surface area contributed by atoms with Crippen molar-refractivity contribution in [1.82, 2.24) is 9.97 Å². The van der Waals surface area contributed by atoms with Gasteiger partial charge in [0, 0.05) is 22.7 Å². The molecule has 0 aliphatic heterocycles. The Morgan fingerprint density at radius 2 is 2.00 bits per heavy atom. The van der Waals surface area contributed by atoms with Crippen LogP contribution in [0.1, 0.15) is 22.6 Å². The number of methoxy groups -OCH3 is 1. The smallest absolute Gasteiger partial charge is 0.290 e. The number of nitrogens with zero attached hydrogens (tertiary/aromatic N) is 2. The van der Waals surface area contributed by atoms with E-state index in [-0.39, 0.29) is 12.3 Å². The predicted molar refractivity (Wildman–Crippen MR) is 81.0 cm³/mol. The first kappa shape index (κ1) is 17.8. The van der Waals surface area contributed by atoms with Crippen molar-refractivity contribution in [3.63, 3.8) is 0 Å². The molecule has 5 nitrogen and oxygen atoms in total. The zero-order chi connectivity index (χ0) is 16.7. The Labute approximate surface area is 132 Å². The lowest BCUT2D eigenvalue weighted by Gasteiger charge is -2.12. The summed E-state index contributed by atoms with van der Waals surface area (Å²) in [6.45, 7) is 3.45. The van der Waals surface area contributed by atoms with Gasteiger partial charge in [0.25, 0.3) is 6.47 Å². The number of halogens is 2. The maximum atomic E-state index is 13.0. The third-order valence-electron chi connectivity index (χ3n) is 2.86. The number of hydrogen-bond acceptors (Lipinski definition) is 4. The van der Waals surface area contributed by atoms with Crippen LogP contribution < -0.4 is 4.74 Å². The SMILES string of the molecule is COc1nc(C)nc(C)c1Cc1ccc(F)cc1Cl.O=CO. The molecule has 2 aromatic rings. The third kappa shape index (κ3) is 4.66. The Hall–Kier alpha value is -2.21. The minimum atomic E-state index is -0.349. The van der Waals surface area contributed by atoms with Gasteiger partial charge in [-0.1, -0.05) is 17.7 Å². The first-order chi connectivity index (χ1) is 10.4. The minimum absolute atomic E-state index is 0.250. The average molecular weight is 327 g/mol. The topological polar surface area (TPSA) is 72.3 Å². The van der Waals surface area contributed by atoms with Crippen molar-refractivity contribution in [2.75, 3.05) is 7.11 Å². The number of carboxylic acid groups (broad SMARTS) is 1. The van der Waals surface area contributed by atoms with Crippen LogP contribution >= 0.6 is 11.6 Å². The molecule has 0 aliphatic rings. The van der Waals surface area contributed by atoms with Gasteiger partial charge >= 0.3 is 0 Å². The molecule has 0 saturated heterocycles. The van der Waals surface area contributed by atoms with Crippen LogP contribution in [0.4, 0.5) is 4.39 Å².